The third kappa shape index (κ3) is 2.73. The number of aromatic nitrogens is 2. The molecule has 1 aromatic carbocycles. The monoisotopic (exact) mass is 297 g/mol. The zero-order chi connectivity index (χ0) is 12.4. The molecule has 0 saturated carbocycles. The summed E-state index contributed by atoms with van der Waals surface area (Å²) in [6.07, 6.45) is 2.36. The van der Waals surface area contributed by atoms with Crippen LogP contribution in [-0.4, -0.2) is 9.78 Å². The molecule has 0 radical (unpaired) electrons. The van der Waals surface area contributed by atoms with E-state index < -0.39 is 0 Å². The fourth-order valence-electron chi connectivity index (χ4n) is 1.78. The van der Waals surface area contributed by atoms with Gasteiger partial charge >= 0.3 is 0 Å². The normalized spacial score (nSPS) is 12.7. The second-order valence-electron chi connectivity index (χ2n) is 3.93. The molecule has 3 nitrogen and oxygen atoms in total. The molecule has 0 aliphatic heterocycles. The van der Waals surface area contributed by atoms with Crippen molar-refractivity contribution in [3.05, 3.63) is 52.0 Å². The van der Waals surface area contributed by atoms with Gasteiger partial charge in [-0.05, 0) is 30.2 Å². The van der Waals surface area contributed by atoms with Gasteiger partial charge in [0.15, 0.2) is 0 Å². The number of hydrogen-bond donors (Lipinski definition) is 1. The summed E-state index contributed by atoms with van der Waals surface area (Å²) >= 11 is 3.34. The van der Waals surface area contributed by atoms with Crippen LogP contribution in [0.4, 0.5) is 4.39 Å². The van der Waals surface area contributed by atoms with Crippen LogP contribution in [0.1, 0.15) is 17.3 Å². The Kier molecular flexibility index (Phi) is 3.59. The molecule has 0 spiro atoms. The molecule has 17 heavy (non-hydrogen) atoms. The summed E-state index contributed by atoms with van der Waals surface area (Å²) in [6, 6.07) is 6.38. The van der Waals surface area contributed by atoms with Crippen LogP contribution >= 0.6 is 15.9 Å². The Morgan fingerprint density at radius 3 is 2.82 bits per heavy atom. The number of hydrogen-bond acceptors (Lipinski definition) is 2. The van der Waals surface area contributed by atoms with Crippen LogP contribution in [0.15, 0.2) is 34.9 Å². The third-order valence-electron chi connectivity index (χ3n) is 2.69. The van der Waals surface area contributed by atoms with E-state index in [1.165, 1.54) is 12.1 Å². The molecule has 0 aliphatic rings. The summed E-state index contributed by atoms with van der Waals surface area (Å²) in [4.78, 5) is 0. The van der Waals surface area contributed by atoms with E-state index in [-0.39, 0.29) is 11.9 Å². The molecule has 1 atom stereocenters. The molecule has 1 heterocycles. The molecule has 1 unspecified atom stereocenters. The second-order valence-corrected chi connectivity index (χ2v) is 4.78. The van der Waals surface area contributed by atoms with Gasteiger partial charge in [-0.25, -0.2) is 4.39 Å². The van der Waals surface area contributed by atoms with E-state index in [1.54, 1.807) is 16.9 Å². The summed E-state index contributed by atoms with van der Waals surface area (Å²) in [5.74, 6) is -0.255. The first-order chi connectivity index (χ1) is 8.08. The number of nitrogens with zero attached hydrogens (tertiary/aromatic N) is 2. The first kappa shape index (κ1) is 12.3. The van der Waals surface area contributed by atoms with Crippen LogP contribution in [0.2, 0.25) is 0 Å². The van der Waals surface area contributed by atoms with Crippen LogP contribution in [0.5, 0.6) is 0 Å². The van der Waals surface area contributed by atoms with Gasteiger partial charge in [-0.15, -0.1) is 0 Å². The minimum Gasteiger partial charge on any atom is -0.322 e. The fourth-order valence-corrected chi connectivity index (χ4v) is 2.29. The number of halogens is 2. The lowest BCUT2D eigenvalue weighted by Gasteiger charge is -2.13. The van der Waals surface area contributed by atoms with Gasteiger partial charge in [0.1, 0.15) is 5.82 Å². The van der Waals surface area contributed by atoms with Crippen LogP contribution in [-0.2, 0) is 13.5 Å². The highest BCUT2D eigenvalue weighted by Gasteiger charge is 2.12. The topological polar surface area (TPSA) is 43.8 Å². The van der Waals surface area contributed by atoms with E-state index in [0.29, 0.717) is 6.42 Å². The van der Waals surface area contributed by atoms with Crippen LogP contribution in [0, 0.1) is 5.82 Å². The molecule has 2 aromatic rings. The molecule has 0 saturated heterocycles. The molecule has 0 aliphatic carbocycles. The Morgan fingerprint density at radius 2 is 2.24 bits per heavy atom. The zero-order valence-electron chi connectivity index (χ0n) is 9.40. The molecule has 2 N–H and O–H groups in total. The number of benzene rings is 1. The number of aryl methyl sites for hydroxylation is 1. The Labute approximate surface area is 108 Å². The highest BCUT2D eigenvalue weighted by atomic mass is 79.9. The predicted octanol–water partition coefficient (Wildman–Crippen LogP) is 2.56. The molecular formula is C12H13BrFN3. The van der Waals surface area contributed by atoms with E-state index in [9.17, 15) is 4.39 Å². The first-order valence-electron chi connectivity index (χ1n) is 5.25. The minimum atomic E-state index is -0.255. The van der Waals surface area contributed by atoms with E-state index in [4.69, 9.17) is 5.73 Å². The van der Waals surface area contributed by atoms with E-state index in [2.05, 4.69) is 21.0 Å². The Balaban J connectivity index is 2.19. The molecule has 1 aromatic heterocycles. The van der Waals surface area contributed by atoms with Crippen molar-refractivity contribution < 1.29 is 4.39 Å². The van der Waals surface area contributed by atoms with Crippen LogP contribution in [0.3, 0.4) is 0 Å². The summed E-state index contributed by atoms with van der Waals surface area (Å²) < 4.78 is 15.4. The van der Waals surface area contributed by atoms with Gasteiger partial charge in [-0.1, -0.05) is 22.0 Å². The largest absolute Gasteiger partial charge is 0.322 e. The van der Waals surface area contributed by atoms with Crippen LogP contribution in [0.25, 0.3) is 0 Å². The standard InChI is InChI=1S/C12H13BrFN3/c1-17-12(4-5-16-17)11(15)6-8-2-3-9(14)7-10(8)13/h2-5,7,11H,6,15H2,1H3. The summed E-state index contributed by atoms with van der Waals surface area (Å²) in [6.45, 7) is 0. The predicted molar refractivity (Wildman–Crippen MR) is 67.9 cm³/mol. The molecule has 0 fully saturated rings. The molecule has 0 amide bonds. The lowest BCUT2D eigenvalue weighted by molar-refractivity contribution is 0.609. The van der Waals surface area contributed by atoms with Crippen molar-refractivity contribution in [2.75, 3.05) is 0 Å². The summed E-state index contributed by atoms with van der Waals surface area (Å²) in [7, 11) is 1.86. The summed E-state index contributed by atoms with van der Waals surface area (Å²) in [5.41, 5.74) is 8.05. The molecular weight excluding hydrogens is 285 g/mol. The van der Waals surface area contributed by atoms with Crippen molar-refractivity contribution >= 4 is 15.9 Å². The molecule has 90 valence electrons. The van der Waals surface area contributed by atoms with E-state index >= 15 is 0 Å². The maximum atomic E-state index is 12.9. The molecule has 0 bridgehead atoms. The SMILES string of the molecule is Cn1nccc1C(N)Cc1ccc(F)cc1Br. The minimum absolute atomic E-state index is 0.149. The van der Waals surface area contributed by atoms with Crippen molar-refractivity contribution in [3.63, 3.8) is 0 Å². The highest BCUT2D eigenvalue weighted by Crippen LogP contribution is 2.23. The summed E-state index contributed by atoms with van der Waals surface area (Å²) in [5, 5.41) is 4.08. The Hall–Kier alpha value is -1.20. The fraction of sp³-hybridized carbons (Fsp3) is 0.250. The van der Waals surface area contributed by atoms with Crippen molar-refractivity contribution in [3.8, 4) is 0 Å². The Bertz CT molecular complexity index is 524. The zero-order valence-corrected chi connectivity index (χ0v) is 11.0. The van der Waals surface area contributed by atoms with E-state index in [0.717, 1.165) is 15.7 Å². The lowest BCUT2D eigenvalue weighted by atomic mass is 10.0. The number of rotatable bonds is 3. The molecule has 2 rings (SSSR count). The van der Waals surface area contributed by atoms with Crippen molar-refractivity contribution in [2.24, 2.45) is 12.8 Å². The van der Waals surface area contributed by atoms with E-state index in [1.807, 2.05) is 13.1 Å². The second kappa shape index (κ2) is 4.98. The van der Waals surface area contributed by atoms with Crippen molar-refractivity contribution in [1.29, 1.82) is 0 Å². The average Bonchev–Trinajstić information content (AvgIpc) is 2.68. The maximum Gasteiger partial charge on any atom is 0.124 e. The van der Waals surface area contributed by atoms with Crippen molar-refractivity contribution in [2.45, 2.75) is 12.5 Å². The maximum absolute atomic E-state index is 12.9. The third-order valence-corrected chi connectivity index (χ3v) is 3.43. The van der Waals surface area contributed by atoms with Gasteiger partial charge in [0, 0.05) is 17.7 Å². The highest BCUT2D eigenvalue weighted by molar-refractivity contribution is 9.10. The lowest BCUT2D eigenvalue weighted by Crippen LogP contribution is -2.17. The van der Waals surface area contributed by atoms with Gasteiger partial charge in [-0.2, -0.15) is 5.10 Å². The average molecular weight is 298 g/mol. The number of nitrogens with two attached hydrogens (primary N) is 1. The van der Waals surface area contributed by atoms with Gasteiger partial charge < -0.3 is 5.73 Å². The smallest absolute Gasteiger partial charge is 0.124 e. The molecule has 5 heteroatoms. The van der Waals surface area contributed by atoms with Gasteiger partial charge in [0.2, 0.25) is 0 Å². The van der Waals surface area contributed by atoms with Gasteiger partial charge in [0.05, 0.1) is 11.7 Å². The Morgan fingerprint density at radius 1 is 1.47 bits per heavy atom. The first-order valence-corrected chi connectivity index (χ1v) is 6.04. The van der Waals surface area contributed by atoms with Gasteiger partial charge in [0.25, 0.3) is 0 Å². The van der Waals surface area contributed by atoms with Crippen LogP contribution < -0.4 is 5.73 Å². The van der Waals surface area contributed by atoms with Gasteiger partial charge in [-0.3, -0.25) is 4.68 Å². The quantitative estimate of drug-likeness (QED) is 0.946. The van der Waals surface area contributed by atoms with Crippen molar-refractivity contribution in [1.82, 2.24) is 9.78 Å².